The molecule has 0 unspecified atom stereocenters. The summed E-state index contributed by atoms with van der Waals surface area (Å²) >= 11 is 1.61. The van der Waals surface area contributed by atoms with Crippen LogP contribution in [0.3, 0.4) is 0 Å². The summed E-state index contributed by atoms with van der Waals surface area (Å²) in [5.41, 5.74) is -0.979. The molecule has 0 radical (unpaired) electrons. The number of fused-ring (bicyclic) bond motifs is 6. The van der Waals surface area contributed by atoms with E-state index >= 15 is 0 Å². The maximum Gasteiger partial charge on any atom is 0.257 e. The van der Waals surface area contributed by atoms with Crippen LogP contribution in [0.5, 0.6) is 0 Å². The van der Waals surface area contributed by atoms with Crippen molar-refractivity contribution in [2.75, 3.05) is 19.0 Å². The van der Waals surface area contributed by atoms with Gasteiger partial charge in [-0.25, -0.2) is 4.98 Å². The van der Waals surface area contributed by atoms with Crippen LogP contribution in [0.25, 0.3) is 0 Å². The largest absolute Gasteiger partial charge is 0.396 e. The van der Waals surface area contributed by atoms with Crippen LogP contribution in [-0.2, 0) is 22.6 Å². The number of thioether (sulfide) groups is 1. The summed E-state index contributed by atoms with van der Waals surface area (Å²) in [6, 6.07) is 0. The molecule has 1 aromatic heterocycles. The number of nitrogens with zero attached hydrogens (tertiary/aromatic N) is 2. The van der Waals surface area contributed by atoms with E-state index in [0.29, 0.717) is 24.3 Å². The molecule has 10 heteroatoms. The highest BCUT2D eigenvalue weighted by molar-refractivity contribution is 7.99. The van der Waals surface area contributed by atoms with Crippen LogP contribution in [0.2, 0.25) is 0 Å². The van der Waals surface area contributed by atoms with Crippen LogP contribution in [0.1, 0.15) is 76.5 Å². The number of carbonyl (C=O) groups is 2. The number of carbonyl (C=O) groups excluding carboxylic acids is 2. The Hall–Kier alpha value is -1.59. The normalized spacial score (nSPS) is 39.9. The van der Waals surface area contributed by atoms with Crippen molar-refractivity contribution in [2.24, 2.45) is 34.5 Å². The van der Waals surface area contributed by atoms with E-state index in [2.05, 4.69) is 11.9 Å². The first kappa shape index (κ1) is 29.9. The van der Waals surface area contributed by atoms with Gasteiger partial charge in [0.25, 0.3) is 5.56 Å². The lowest BCUT2D eigenvalue weighted by molar-refractivity contribution is -0.180. The van der Waals surface area contributed by atoms with E-state index in [1.165, 1.54) is 0 Å². The van der Waals surface area contributed by atoms with Gasteiger partial charge in [0.1, 0.15) is 18.0 Å². The molecule has 0 bridgehead atoms. The minimum atomic E-state index is -1.58. The van der Waals surface area contributed by atoms with Gasteiger partial charge < -0.3 is 20.4 Å². The monoisotopic (exact) mass is 576 g/mol. The first-order chi connectivity index (χ1) is 18.9. The third kappa shape index (κ3) is 4.53. The molecule has 6 rings (SSSR count). The van der Waals surface area contributed by atoms with Crippen LogP contribution in [0.4, 0.5) is 0 Å². The Morgan fingerprint density at radius 3 is 2.58 bits per heavy atom. The van der Waals surface area contributed by atoms with Gasteiger partial charge in [-0.3, -0.25) is 19.0 Å². The van der Waals surface area contributed by atoms with Crippen LogP contribution in [-0.4, -0.2) is 72.2 Å². The lowest BCUT2D eigenvalue weighted by atomic mass is 9.44. The Bertz CT molecular complexity index is 1240. The summed E-state index contributed by atoms with van der Waals surface area (Å²) in [5, 5.41) is 40.3. The first-order valence-electron chi connectivity index (χ1n) is 14.8. The number of hydrogen-bond donors (Lipinski definition) is 4. The quantitative estimate of drug-likeness (QED) is 0.395. The van der Waals surface area contributed by atoms with Gasteiger partial charge in [0, 0.05) is 54.3 Å². The smallest absolute Gasteiger partial charge is 0.257 e. The van der Waals surface area contributed by atoms with Crippen molar-refractivity contribution in [1.29, 1.82) is 0 Å². The van der Waals surface area contributed by atoms with Gasteiger partial charge in [-0.1, -0.05) is 25.6 Å². The number of ketones is 2. The fourth-order valence-corrected chi connectivity index (χ4v) is 10.2. The fraction of sp³-hybridized carbons (Fsp3) is 0.800. The highest BCUT2D eigenvalue weighted by Crippen LogP contribution is 2.67. The Morgan fingerprint density at radius 1 is 1.12 bits per heavy atom. The van der Waals surface area contributed by atoms with E-state index in [9.17, 15) is 29.7 Å². The molecule has 8 atom stereocenters. The van der Waals surface area contributed by atoms with Crippen molar-refractivity contribution in [3.05, 3.63) is 21.6 Å². The van der Waals surface area contributed by atoms with Crippen molar-refractivity contribution in [3.8, 4) is 0 Å². The van der Waals surface area contributed by atoms with E-state index in [4.69, 9.17) is 5.11 Å². The molecule has 222 valence electrons. The van der Waals surface area contributed by atoms with Crippen molar-refractivity contribution in [3.63, 3.8) is 0 Å². The van der Waals surface area contributed by atoms with E-state index < -0.39 is 23.4 Å². The minimum absolute atomic E-state index is 0.00422. The number of rotatable bonds is 4. The van der Waals surface area contributed by atoms with Gasteiger partial charge in [0.05, 0.1) is 6.10 Å². The third-order valence-electron chi connectivity index (χ3n) is 11.4. The lowest BCUT2D eigenvalue weighted by Gasteiger charge is -2.60. The summed E-state index contributed by atoms with van der Waals surface area (Å²) in [6.45, 7) is 6.03. The second-order valence-electron chi connectivity index (χ2n) is 13.2. The molecule has 5 aliphatic rings. The molecule has 0 amide bonds. The Balaban J connectivity index is 0.000000194. The van der Waals surface area contributed by atoms with Crippen LogP contribution >= 0.6 is 11.8 Å². The summed E-state index contributed by atoms with van der Waals surface area (Å²) in [6.07, 6.45) is 5.88. The SMILES string of the molecule is C[C@]12CC[C@@H](O)C[C@H]1CC[C@@H]1[C@@H]2C(=O)C[C@@]2(C)[C@H]1CC[C@]2(O)C(=O)CO.Cc1nc2n(c(=O)c1CCO)CCS2. The standard InChI is InChI=1S/C21H32O5.C9H12N2O2S/c1-19-7-5-13(23)9-12(19)3-4-14-15-6-8-21(26,17(25)11-22)20(15,2)10-16(24)18(14)19;1-6-7(2-4-12)8(13)11-3-5-14-9(11)10-6/h12-15,18,22-23,26H,3-11H2,1-2H3;12H,2-5H2,1H3/t12-,13-,14+,15+,18-,19+,20+,21+;/m1./s1. The first-order valence-corrected chi connectivity index (χ1v) is 15.8. The number of aryl methyl sites for hydroxylation is 1. The average molecular weight is 577 g/mol. The van der Waals surface area contributed by atoms with Gasteiger partial charge in [0.2, 0.25) is 0 Å². The zero-order chi connectivity index (χ0) is 29.0. The summed E-state index contributed by atoms with van der Waals surface area (Å²) < 4.78 is 1.70. The molecule has 4 aliphatic carbocycles. The summed E-state index contributed by atoms with van der Waals surface area (Å²) in [7, 11) is 0. The molecule has 4 fully saturated rings. The number of Topliss-reactive ketones (excluding diaryl/α,β-unsaturated/α-hetero) is 2. The van der Waals surface area contributed by atoms with Gasteiger partial charge in [-0.05, 0) is 75.0 Å². The second-order valence-corrected chi connectivity index (χ2v) is 14.3. The molecule has 0 aromatic carbocycles. The summed E-state index contributed by atoms with van der Waals surface area (Å²) in [4.78, 5) is 41.9. The van der Waals surface area contributed by atoms with Crippen molar-refractivity contribution < 1.29 is 30.0 Å². The molecule has 40 heavy (non-hydrogen) atoms. The lowest BCUT2D eigenvalue weighted by Crippen LogP contribution is -2.62. The summed E-state index contributed by atoms with van der Waals surface area (Å²) in [5.74, 6) is 1.30. The highest BCUT2D eigenvalue weighted by atomic mass is 32.2. The molecule has 2 heterocycles. The van der Waals surface area contributed by atoms with Gasteiger partial charge >= 0.3 is 0 Å². The average Bonchev–Trinajstić information content (AvgIpc) is 3.49. The van der Waals surface area contributed by atoms with Crippen molar-refractivity contribution in [2.45, 2.75) is 102 Å². The molecule has 4 saturated carbocycles. The van der Waals surface area contributed by atoms with Gasteiger partial charge in [-0.2, -0.15) is 0 Å². The minimum Gasteiger partial charge on any atom is -0.396 e. The molecule has 9 nitrogen and oxygen atoms in total. The molecule has 1 aromatic rings. The van der Waals surface area contributed by atoms with Crippen LogP contribution in [0, 0.1) is 41.4 Å². The zero-order valence-electron chi connectivity index (χ0n) is 23.9. The molecule has 4 N–H and O–H groups in total. The fourth-order valence-electron chi connectivity index (χ4n) is 9.25. The van der Waals surface area contributed by atoms with Gasteiger partial charge in [-0.15, -0.1) is 0 Å². The zero-order valence-corrected chi connectivity index (χ0v) is 24.7. The highest BCUT2D eigenvalue weighted by Gasteiger charge is 2.68. The third-order valence-corrected chi connectivity index (χ3v) is 12.4. The number of aromatic nitrogens is 2. The Morgan fingerprint density at radius 2 is 1.88 bits per heavy atom. The van der Waals surface area contributed by atoms with E-state index in [1.807, 2.05) is 13.8 Å². The number of aliphatic hydroxyl groups is 4. The Kier molecular flexibility index (Phi) is 8.15. The van der Waals surface area contributed by atoms with Crippen molar-refractivity contribution in [1.82, 2.24) is 9.55 Å². The van der Waals surface area contributed by atoms with E-state index in [-0.39, 0.29) is 53.6 Å². The van der Waals surface area contributed by atoms with Gasteiger partial charge in [0.15, 0.2) is 10.9 Å². The molecule has 1 aliphatic heterocycles. The van der Waals surface area contributed by atoms with E-state index in [1.54, 1.807) is 16.3 Å². The van der Waals surface area contributed by atoms with Crippen LogP contribution in [0.15, 0.2) is 9.95 Å². The van der Waals surface area contributed by atoms with Crippen molar-refractivity contribution >= 4 is 23.3 Å². The maximum atomic E-state index is 13.4. The molecule has 0 spiro atoms. The maximum absolute atomic E-state index is 13.4. The predicted octanol–water partition coefficient (Wildman–Crippen LogP) is 2.05. The molecular weight excluding hydrogens is 532 g/mol. The topological polar surface area (TPSA) is 150 Å². The predicted molar refractivity (Wildman–Crippen MR) is 150 cm³/mol. The molecular formula is C30H44N2O7S. The molecule has 0 saturated heterocycles. The second kappa shape index (κ2) is 10.9. The number of hydrogen-bond acceptors (Lipinski definition) is 9. The van der Waals surface area contributed by atoms with E-state index in [0.717, 1.165) is 61.7 Å². The van der Waals surface area contributed by atoms with Crippen LogP contribution < -0.4 is 5.56 Å². The number of aliphatic hydroxyl groups excluding tert-OH is 3. The Labute approximate surface area is 239 Å².